The molecule has 0 aliphatic rings. The molecule has 1 atom stereocenters. The Balaban J connectivity index is 2.00. The van der Waals surface area contributed by atoms with E-state index in [0.717, 1.165) is 18.7 Å². The van der Waals surface area contributed by atoms with Gasteiger partial charge in [-0.2, -0.15) is 5.10 Å². The van der Waals surface area contributed by atoms with Crippen molar-refractivity contribution in [3.05, 3.63) is 48.0 Å². The van der Waals surface area contributed by atoms with Gasteiger partial charge in [-0.3, -0.25) is 4.68 Å². The zero-order chi connectivity index (χ0) is 12.1. The second kappa shape index (κ2) is 5.82. The number of aromatic nitrogens is 3. The maximum atomic E-state index is 6.03. The van der Waals surface area contributed by atoms with Gasteiger partial charge in [0.1, 0.15) is 12.2 Å². The van der Waals surface area contributed by atoms with Crippen LogP contribution in [-0.4, -0.2) is 20.6 Å². The second-order valence-electron chi connectivity index (χ2n) is 4.21. The van der Waals surface area contributed by atoms with Crippen molar-refractivity contribution in [1.82, 2.24) is 14.8 Å². The lowest BCUT2D eigenvalue weighted by Gasteiger charge is -2.13. The van der Waals surface area contributed by atoms with E-state index in [-0.39, 0.29) is 0 Å². The Morgan fingerprint density at radius 2 is 2.00 bits per heavy atom. The molecule has 1 heterocycles. The van der Waals surface area contributed by atoms with Gasteiger partial charge in [-0.1, -0.05) is 30.3 Å². The van der Waals surface area contributed by atoms with Crippen LogP contribution < -0.4 is 0 Å². The largest absolute Gasteiger partial charge is 0.253 e. The molecule has 0 saturated carbocycles. The molecular weight excluding hydrogens is 234 g/mol. The van der Waals surface area contributed by atoms with Crippen LogP contribution in [0, 0.1) is 5.92 Å². The molecule has 17 heavy (non-hydrogen) atoms. The first kappa shape index (κ1) is 12.1. The normalized spacial score (nSPS) is 12.6. The third kappa shape index (κ3) is 3.30. The van der Waals surface area contributed by atoms with Gasteiger partial charge in [-0.25, -0.2) is 4.98 Å². The topological polar surface area (TPSA) is 30.7 Å². The SMILES string of the molecule is Cn1ncnc1CC(CCl)Cc1ccccc1. The van der Waals surface area contributed by atoms with Gasteiger partial charge >= 0.3 is 0 Å². The van der Waals surface area contributed by atoms with Gasteiger partial charge in [-0.15, -0.1) is 11.6 Å². The monoisotopic (exact) mass is 249 g/mol. The number of rotatable bonds is 5. The highest BCUT2D eigenvalue weighted by Gasteiger charge is 2.12. The zero-order valence-electron chi connectivity index (χ0n) is 9.88. The van der Waals surface area contributed by atoms with Gasteiger partial charge in [0.05, 0.1) is 0 Å². The summed E-state index contributed by atoms with van der Waals surface area (Å²) in [6.45, 7) is 0. The highest BCUT2D eigenvalue weighted by Crippen LogP contribution is 2.14. The zero-order valence-corrected chi connectivity index (χ0v) is 10.6. The maximum absolute atomic E-state index is 6.03. The lowest BCUT2D eigenvalue weighted by Crippen LogP contribution is -2.13. The van der Waals surface area contributed by atoms with Crippen molar-refractivity contribution < 1.29 is 0 Å². The minimum atomic E-state index is 0.405. The molecule has 0 aliphatic heterocycles. The number of aryl methyl sites for hydroxylation is 1. The molecule has 2 rings (SSSR count). The minimum absolute atomic E-state index is 0.405. The Morgan fingerprint density at radius 3 is 2.59 bits per heavy atom. The minimum Gasteiger partial charge on any atom is -0.253 e. The van der Waals surface area contributed by atoms with Crippen molar-refractivity contribution in [3.8, 4) is 0 Å². The molecule has 0 saturated heterocycles. The molecule has 0 spiro atoms. The Hall–Kier alpha value is -1.35. The summed E-state index contributed by atoms with van der Waals surface area (Å²) >= 11 is 6.03. The van der Waals surface area contributed by atoms with Crippen molar-refractivity contribution in [2.45, 2.75) is 12.8 Å². The summed E-state index contributed by atoms with van der Waals surface area (Å²) in [5.41, 5.74) is 1.32. The van der Waals surface area contributed by atoms with E-state index in [0.29, 0.717) is 11.8 Å². The summed E-state index contributed by atoms with van der Waals surface area (Å²) in [5, 5.41) is 4.07. The van der Waals surface area contributed by atoms with E-state index in [1.807, 2.05) is 17.8 Å². The van der Waals surface area contributed by atoms with Gasteiger partial charge < -0.3 is 0 Å². The van der Waals surface area contributed by atoms with E-state index in [4.69, 9.17) is 11.6 Å². The Kier molecular flexibility index (Phi) is 4.15. The van der Waals surface area contributed by atoms with Gasteiger partial charge in [0, 0.05) is 19.3 Å². The Labute approximate surface area is 106 Å². The quantitative estimate of drug-likeness (QED) is 0.762. The van der Waals surface area contributed by atoms with E-state index in [1.165, 1.54) is 5.56 Å². The molecule has 0 fully saturated rings. The van der Waals surface area contributed by atoms with Crippen molar-refractivity contribution in [2.24, 2.45) is 13.0 Å². The molecule has 90 valence electrons. The predicted molar refractivity (Wildman–Crippen MR) is 69.1 cm³/mol. The molecule has 3 nitrogen and oxygen atoms in total. The van der Waals surface area contributed by atoms with Gasteiger partial charge in [-0.05, 0) is 17.9 Å². The highest BCUT2D eigenvalue weighted by molar-refractivity contribution is 6.18. The average molecular weight is 250 g/mol. The summed E-state index contributed by atoms with van der Waals surface area (Å²) in [7, 11) is 1.91. The summed E-state index contributed by atoms with van der Waals surface area (Å²) < 4.78 is 1.81. The van der Waals surface area contributed by atoms with Gasteiger partial charge in [0.2, 0.25) is 0 Å². The van der Waals surface area contributed by atoms with Crippen LogP contribution in [0.3, 0.4) is 0 Å². The van der Waals surface area contributed by atoms with Crippen LogP contribution in [-0.2, 0) is 19.9 Å². The van der Waals surface area contributed by atoms with Crippen molar-refractivity contribution in [3.63, 3.8) is 0 Å². The Bertz CT molecular complexity index is 453. The predicted octanol–water partition coefficient (Wildman–Crippen LogP) is 2.46. The molecule has 0 aliphatic carbocycles. The molecular formula is C13H16ClN3. The lowest BCUT2D eigenvalue weighted by molar-refractivity contribution is 0.542. The van der Waals surface area contributed by atoms with E-state index in [9.17, 15) is 0 Å². The van der Waals surface area contributed by atoms with Crippen LogP contribution in [0.25, 0.3) is 0 Å². The van der Waals surface area contributed by atoms with Crippen molar-refractivity contribution in [2.75, 3.05) is 5.88 Å². The maximum Gasteiger partial charge on any atom is 0.138 e. The molecule has 2 aromatic rings. The fraction of sp³-hybridized carbons (Fsp3) is 0.385. The molecule has 1 aromatic heterocycles. The lowest BCUT2D eigenvalue weighted by atomic mass is 9.98. The van der Waals surface area contributed by atoms with Crippen LogP contribution in [0.15, 0.2) is 36.7 Å². The first-order valence-electron chi connectivity index (χ1n) is 5.72. The molecule has 0 bridgehead atoms. The standard InChI is InChI=1S/C13H16ClN3/c1-17-13(15-10-16-17)8-12(9-14)7-11-5-3-2-4-6-11/h2-6,10,12H,7-9H2,1H3. The number of alkyl halides is 1. The second-order valence-corrected chi connectivity index (χ2v) is 4.52. The molecule has 0 amide bonds. The summed E-state index contributed by atoms with van der Waals surface area (Å²) in [6, 6.07) is 10.4. The number of benzene rings is 1. The van der Waals surface area contributed by atoms with E-state index >= 15 is 0 Å². The smallest absolute Gasteiger partial charge is 0.138 e. The van der Waals surface area contributed by atoms with E-state index in [1.54, 1.807) is 6.33 Å². The van der Waals surface area contributed by atoms with E-state index < -0.39 is 0 Å². The van der Waals surface area contributed by atoms with Crippen molar-refractivity contribution >= 4 is 11.6 Å². The molecule has 0 radical (unpaired) electrons. The number of nitrogens with zero attached hydrogens (tertiary/aromatic N) is 3. The first-order valence-corrected chi connectivity index (χ1v) is 6.26. The molecule has 0 N–H and O–H groups in total. The van der Waals surface area contributed by atoms with Gasteiger partial charge in [0.15, 0.2) is 0 Å². The number of halogens is 1. The fourth-order valence-electron chi connectivity index (χ4n) is 1.89. The summed E-state index contributed by atoms with van der Waals surface area (Å²) in [5.74, 6) is 2.04. The third-order valence-electron chi connectivity index (χ3n) is 2.86. The van der Waals surface area contributed by atoms with Crippen molar-refractivity contribution in [1.29, 1.82) is 0 Å². The number of hydrogen-bond acceptors (Lipinski definition) is 2. The first-order chi connectivity index (χ1) is 8.29. The number of hydrogen-bond donors (Lipinski definition) is 0. The van der Waals surface area contributed by atoms with Crippen LogP contribution in [0.4, 0.5) is 0 Å². The fourth-order valence-corrected chi connectivity index (χ4v) is 2.11. The van der Waals surface area contributed by atoms with Crippen LogP contribution in [0.2, 0.25) is 0 Å². The summed E-state index contributed by atoms with van der Waals surface area (Å²) in [6.07, 6.45) is 3.44. The van der Waals surface area contributed by atoms with Gasteiger partial charge in [0.25, 0.3) is 0 Å². The molecule has 1 aromatic carbocycles. The highest BCUT2D eigenvalue weighted by atomic mass is 35.5. The molecule has 4 heteroatoms. The summed E-state index contributed by atoms with van der Waals surface area (Å²) in [4.78, 5) is 4.24. The Morgan fingerprint density at radius 1 is 1.24 bits per heavy atom. The van der Waals surface area contributed by atoms with Crippen LogP contribution >= 0.6 is 11.6 Å². The average Bonchev–Trinajstić information content (AvgIpc) is 2.75. The third-order valence-corrected chi connectivity index (χ3v) is 3.30. The van der Waals surface area contributed by atoms with Crippen LogP contribution in [0.5, 0.6) is 0 Å². The molecule has 1 unspecified atom stereocenters. The van der Waals surface area contributed by atoms with Crippen LogP contribution in [0.1, 0.15) is 11.4 Å². The van der Waals surface area contributed by atoms with E-state index in [2.05, 4.69) is 34.3 Å².